The van der Waals surface area contributed by atoms with Crippen molar-refractivity contribution in [2.45, 2.75) is 0 Å². The van der Waals surface area contributed by atoms with Crippen LogP contribution in [0.25, 0.3) is 0 Å². The molecule has 1 heterocycles. The summed E-state index contributed by atoms with van der Waals surface area (Å²) in [5, 5.41) is 12.4. The Balaban J connectivity index is 2.28. The molecule has 1 aromatic heterocycles. The predicted molar refractivity (Wildman–Crippen MR) is 66.5 cm³/mol. The van der Waals surface area contributed by atoms with Crippen molar-refractivity contribution in [3.05, 3.63) is 46.3 Å². The van der Waals surface area contributed by atoms with Gasteiger partial charge in [0.2, 0.25) is 0 Å². The van der Waals surface area contributed by atoms with Crippen molar-refractivity contribution >= 4 is 34.7 Å². The van der Waals surface area contributed by atoms with E-state index in [-0.39, 0.29) is 0 Å². The number of rotatable bonds is 2. The molecule has 1 N–H and O–H groups in total. The molecule has 0 fully saturated rings. The van der Waals surface area contributed by atoms with E-state index in [2.05, 4.69) is 15.3 Å². The van der Waals surface area contributed by atoms with E-state index in [1.165, 1.54) is 12.4 Å². The molecule has 0 aliphatic rings. The van der Waals surface area contributed by atoms with Gasteiger partial charge in [-0.15, -0.1) is 0 Å². The first-order valence-corrected chi connectivity index (χ1v) is 5.39. The van der Waals surface area contributed by atoms with Crippen molar-refractivity contribution in [3.63, 3.8) is 0 Å². The van der Waals surface area contributed by atoms with E-state index in [9.17, 15) is 0 Å². The van der Waals surface area contributed by atoms with E-state index >= 15 is 0 Å². The Kier molecular flexibility index (Phi) is 3.43. The van der Waals surface area contributed by atoms with Crippen LogP contribution in [0.1, 0.15) is 5.56 Å². The zero-order valence-electron chi connectivity index (χ0n) is 8.48. The number of nitriles is 1. The first-order chi connectivity index (χ1) is 8.19. The quantitative estimate of drug-likeness (QED) is 0.903. The van der Waals surface area contributed by atoms with Crippen LogP contribution in [0.5, 0.6) is 0 Å². The van der Waals surface area contributed by atoms with Gasteiger partial charge in [-0.2, -0.15) is 5.26 Å². The van der Waals surface area contributed by atoms with Gasteiger partial charge in [0.25, 0.3) is 0 Å². The number of hydrogen-bond donors (Lipinski definition) is 1. The Bertz CT molecular complexity index is 592. The molecule has 0 saturated heterocycles. The normalized spacial score (nSPS) is 9.71. The highest BCUT2D eigenvalue weighted by atomic mass is 35.5. The third-order valence-electron chi connectivity index (χ3n) is 1.97. The van der Waals surface area contributed by atoms with Crippen molar-refractivity contribution in [1.82, 2.24) is 9.97 Å². The summed E-state index contributed by atoms with van der Waals surface area (Å²) in [6.07, 6.45) is 2.97. The summed E-state index contributed by atoms with van der Waals surface area (Å²) in [5.74, 6) is 0.490. The highest BCUT2D eigenvalue weighted by Gasteiger charge is 2.03. The highest BCUT2D eigenvalue weighted by Crippen LogP contribution is 2.25. The molecule has 0 saturated carbocycles. The van der Waals surface area contributed by atoms with Crippen LogP contribution >= 0.6 is 23.2 Å². The zero-order chi connectivity index (χ0) is 12.3. The van der Waals surface area contributed by atoms with Crippen molar-refractivity contribution in [1.29, 1.82) is 5.26 Å². The molecule has 0 radical (unpaired) electrons. The van der Waals surface area contributed by atoms with Gasteiger partial charge in [0.05, 0.1) is 34.7 Å². The van der Waals surface area contributed by atoms with Crippen LogP contribution in [0, 0.1) is 11.3 Å². The molecule has 0 unspecified atom stereocenters. The second-order valence-corrected chi connectivity index (χ2v) is 3.95. The van der Waals surface area contributed by atoms with Gasteiger partial charge in [0, 0.05) is 0 Å². The van der Waals surface area contributed by atoms with Gasteiger partial charge >= 0.3 is 0 Å². The van der Waals surface area contributed by atoms with E-state index in [1.54, 1.807) is 18.2 Å². The molecule has 0 spiro atoms. The van der Waals surface area contributed by atoms with Crippen LogP contribution in [-0.4, -0.2) is 9.97 Å². The summed E-state index contributed by atoms with van der Waals surface area (Å²) in [6.45, 7) is 0. The molecule has 2 rings (SSSR count). The molecule has 2 aromatic rings. The summed E-state index contributed by atoms with van der Waals surface area (Å²) >= 11 is 11.7. The minimum absolute atomic E-state index is 0.291. The van der Waals surface area contributed by atoms with Crippen LogP contribution in [0.2, 0.25) is 10.2 Å². The molecule has 6 heteroatoms. The van der Waals surface area contributed by atoms with Crippen LogP contribution in [0.15, 0.2) is 30.6 Å². The lowest BCUT2D eigenvalue weighted by atomic mass is 10.2. The molecular weight excluding hydrogens is 259 g/mol. The van der Waals surface area contributed by atoms with E-state index < -0.39 is 0 Å². The average molecular weight is 265 g/mol. The van der Waals surface area contributed by atoms with Gasteiger partial charge < -0.3 is 5.32 Å². The van der Waals surface area contributed by atoms with Crippen LogP contribution in [0.4, 0.5) is 11.5 Å². The standard InChI is InChI=1S/C11H6Cl2N4/c12-8-3-7(4-14)1-2-9(8)16-11-6-15-5-10(13)17-11/h1-3,5-6H,(H,16,17). The molecule has 0 atom stereocenters. The Morgan fingerprint density at radius 2 is 2.06 bits per heavy atom. The minimum atomic E-state index is 0.291. The van der Waals surface area contributed by atoms with E-state index in [0.29, 0.717) is 27.2 Å². The summed E-state index contributed by atoms with van der Waals surface area (Å²) in [5.41, 5.74) is 1.14. The monoisotopic (exact) mass is 264 g/mol. The third-order valence-corrected chi connectivity index (χ3v) is 2.46. The summed E-state index contributed by atoms with van der Waals surface area (Å²) in [4.78, 5) is 7.91. The number of anilines is 2. The van der Waals surface area contributed by atoms with Crippen LogP contribution in [-0.2, 0) is 0 Å². The van der Waals surface area contributed by atoms with Gasteiger partial charge in [0.1, 0.15) is 5.15 Å². The van der Waals surface area contributed by atoms with Crippen molar-refractivity contribution < 1.29 is 0 Å². The SMILES string of the molecule is N#Cc1ccc(Nc2cncc(Cl)n2)c(Cl)c1. The molecule has 17 heavy (non-hydrogen) atoms. The zero-order valence-corrected chi connectivity index (χ0v) is 10.00. The lowest BCUT2D eigenvalue weighted by Gasteiger charge is -2.07. The number of nitrogens with one attached hydrogen (secondary N) is 1. The Morgan fingerprint density at radius 3 is 2.71 bits per heavy atom. The smallest absolute Gasteiger partial charge is 0.150 e. The van der Waals surface area contributed by atoms with Crippen molar-refractivity contribution in [2.24, 2.45) is 0 Å². The van der Waals surface area contributed by atoms with Crippen LogP contribution < -0.4 is 5.32 Å². The van der Waals surface area contributed by atoms with Crippen LogP contribution in [0.3, 0.4) is 0 Å². The Hall–Kier alpha value is -1.83. The van der Waals surface area contributed by atoms with Crippen molar-refractivity contribution in [3.8, 4) is 6.07 Å². The number of aromatic nitrogens is 2. The van der Waals surface area contributed by atoms with Gasteiger partial charge in [0.15, 0.2) is 5.82 Å². The number of benzene rings is 1. The van der Waals surface area contributed by atoms with Gasteiger partial charge in [-0.25, -0.2) is 4.98 Å². The molecule has 84 valence electrons. The second-order valence-electron chi connectivity index (χ2n) is 3.16. The minimum Gasteiger partial charge on any atom is -0.338 e. The lowest BCUT2D eigenvalue weighted by molar-refractivity contribution is 1.20. The predicted octanol–water partition coefficient (Wildman–Crippen LogP) is 3.40. The Labute approximate surface area is 108 Å². The fourth-order valence-corrected chi connectivity index (χ4v) is 1.60. The summed E-state index contributed by atoms with van der Waals surface area (Å²) in [7, 11) is 0. The molecule has 1 aromatic carbocycles. The highest BCUT2D eigenvalue weighted by molar-refractivity contribution is 6.33. The van der Waals surface area contributed by atoms with E-state index in [0.717, 1.165) is 0 Å². The average Bonchev–Trinajstić information content (AvgIpc) is 2.32. The molecule has 0 bridgehead atoms. The molecule has 0 aliphatic heterocycles. The first-order valence-electron chi connectivity index (χ1n) is 4.63. The van der Waals surface area contributed by atoms with Gasteiger partial charge in [-0.05, 0) is 18.2 Å². The number of halogens is 2. The number of nitrogens with zero attached hydrogens (tertiary/aromatic N) is 3. The van der Waals surface area contributed by atoms with Gasteiger partial charge in [-0.3, -0.25) is 4.98 Å². The Morgan fingerprint density at radius 1 is 1.24 bits per heavy atom. The molecule has 0 amide bonds. The lowest BCUT2D eigenvalue weighted by Crippen LogP contribution is -1.95. The summed E-state index contributed by atoms with van der Waals surface area (Å²) in [6, 6.07) is 6.93. The molecular formula is C11H6Cl2N4. The third kappa shape index (κ3) is 2.84. The number of hydrogen-bond acceptors (Lipinski definition) is 4. The maximum Gasteiger partial charge on any atom is 0.150 e. The second kappa shape index (κ2) is 5.00. The summed E-state index contributed by atoms with van der Waals surface area (Å²) < 4.78 is 0. The fraction of sp³-hybridized carbons (Fsp3) is 0. The van der Waals surface area contributed by atoms with Gasteiger partial charge in [-0.1, -0.05) is 23.2 Å². The van der Waals surface area contributed by atoms with Crippen molar-refractivity contribution in [2.75, 3.05) is 5.32 Å². The van der Waals surface area contributed by atoms with E-state index in [4.69, 9.17) is 28.5 Å². The first kappa shape index (κ1) is 11.6. The topological polar surface area (TPSA) is 61.6 Å². The molecule has 0 aliphatic carbocycles. The van der Waals surface area contributed by atoms with E-state index in [1.807, 2.05) is 6.07 Å². The maximum atomic E-state index is 8.71. The largest absolute Gasteiger partial charge is 0.338 e. The fourth-order valence-electron chi connectivity index (χ4n) is 1.23. The maximum absolute atomic E-state index is 8.71. The molecule has 4 nitrogen and oxygen atoms in total.